The number of amides is 1. The molecule has 1 heterocycles. The number of hydrogen-bond acceptors (Lipinski definition) is 3. The highest BCUT2D eigenvalue weighted by Crippen LogP contribution is 2.20. The predicted octanol–water partition coefficient (Wildman–Crippen LogP) is 2.61. The van der Waals surface area contributed by atoms with Crippen molar-refractivity contribution in [3.05, 3.63) is 83.9 Å². The molecule has 0 saturated carbocycles. The fourth-order valence-electron chi connectivity index (χ4n) is 2.47. The molecule has 7 heteroatoms. The van der Waals surface area contributed by atoms with E-state index in [1.54, 1.807) is 4.57 Å². The van der Waals surface area contributed by atoms with Crippen LogP contribution >= 0.6 is 0 Å². The van der Waals surface area contributed by atoms with E-state index >= 15 is 0 Å². The second kappa shape index (κ2) is 7.23. The van der Waals surface area contributed by atoms with Crippen LogP contribution in [0, 0.1) is 11.6 Å². The van der Waals surface area contributed by atoms with Gasteiger partial charge in [0.25, 0.3) is 5.91 Å². The number of carbonyl (C=O) groups is 1. The third-order valence-electron chi connectivity index (χ3n) is 3.69. The standard InChI is InChI=1S/C18H15F2N3O2/c19-13-7-4-8-14(20)17(13)16(24)10-22-18(25)15-9-21-11-23(15)12-5-2-1-3-6-12/h1-9,11,16,24H,10H2,(H,22,25). The van der Waals surface area contributed by atoms with Gasteiger partial charge in [0.2, 0.25) is 0 Å². The molecule has 0 radical (unpaired) electrons. The van der Waals surface area contributed by atoms with Gasteiger partial charge in [-0.15, -0.1) is 0 Å². The number of hydrogen-bond donors (Lipinski definition) is 2. The SMILES string of the molecule is O=C(NCC(O)c1c(F)cccc1F)c1cncn1-c1ccccc1. The van der Waals surface area contributed by atoms with Gasteiger partial charge in [0.1, 0.15) is 23.4 Å². The molecule has 1 aromatic heterocycles. The summed E-state index contributed by atoms with van der Waals surface area (Å²) < 4.78 is 28.9. The molecule has 5 nitrogen and oxygen atoms in total. The number of aromatic nitrogens is 2. The molecular weight excluding hydrogens is 328 g/mol. The Morgan fingerprint density at radius 1 is 1.12 bits per heavy atom. The Morgan fingerprint density at radius 2 is 1.80 bits per heavy atom. The van der Waals surface area contributed by atoms with Crippen molar-refractivity contribution >= 4 is 5.91 Å². The van der Waals surface area contributed by atoms with Crippen LogP contribution in [0.1, 0.15) is 22.2 Å². The van der Waals surface area contributed by atoms with Crippen LogP contribution in [-0.2, 0) is 0 Å². The van der Waals surface area contributed by atoms with Crippen molar-refractivity contribution in [3.8, 4) is 5.69 Å². The Morgan fingerprint density at radius 3 is 2.48 bits per heavy atom. The summed E-state index contributed by atoms with van der Waals surface area (Å²) in [7, 11) is 0. The van der Waals surface area contributed by atoms with Crippen molar-refractivity contribution in [2.75, 3.05) is 6.54 Å². The van der Waals surface area contributed by atoms with Crippen molar-refractivity contribution in [2.24, 2.45) is 0 Å². The Hall–Kier alpha value is -3.06. The fraction of sp³-hybridized carbons (Fsp3) is 0.111. The van der Waals surface area contributed by atoms with Crippen molar-refractivity contribution in [1.29, 1.82) is 0 Å². The number of carbonyl (C=O) groups excluding carboxylic acids is 1. The summed E-state index contributed by atoms with van der Waals surface area (Å²) in [4.78, 5) is 16.3. The molecule has 3 aromatic rings. The lowest BCUT2D eigenvalue weighted by Gasteiger charge is -2.14. The van der Waals surface area contributed by atoms with Crippen LogP contribution < -0.4 is 5.32 Å². The Labute approximate surface area is 142 Å². The minimum atomic E-state index is -1.50. The van der Waals surface area contributed by atoms with E-state index in [1.807, 2.05) is 30.3 Å². The summed E-state index contributed by atoms with van der Waals surface area (Å²) in [6.45, 7) is -0.337. The highest BCUT2D eigenvalue weighted by Gasteiger charge is 2.20. The predicted molar refractivity (Wildman–Crippen MR) is 87.2 cm³/mol. The minimum Gasteiger partial charge on any atom is -0.386 e. The van der Waals surface area contributed by atoms with Gasteiger partial charge in [0, 0.05) is 12.2 Å². The van der Waals surface area contributed by atoms with Gasteiger partial charge in [-0.25, -0.2) is 13.8 Å². The quantitative estimate of drug-likeness (QED) is 0.748. The molecule has 0 aliphatic carbocycles. The molecule has 1 atom stereocenters. The van der Waals surface area contributed by atoms with E-state index in [0.29, 0.717) is 0 Å². The lowest BCUT2D eigenvalue weighted by atomic mass is 10.1. The van der Waals surface area contributed by atoms with Gasteiger partial charge in [-0.2, -0.15) is 0 Å². The molecule has 128 valence electrons. The largest absolute Gasteiger partial charge is 0.386 e. The molecule has 1 amide bonds. The molecular formula is C18H15F2N3O2. The molecule has 0 spiro atoms. The third-order valence-corrected chi connectivity index (χ3v) is 3.69. The number of aliphatic hydroxyl groups is 1. The van der Waals surface area contributed by atoms with Crippen LogP contribution in [0.25, 0.3) is 5.69 Å². The van der Waals surface area contributed by atoms with Crippen LogP contribution in [0.4, 0.5) is 8.78 Å². The molecule has 0 saturated heterocycles. The molecule has 2 aromatic carbocycles. The van der Waals surface area contributed by atoms with Gasteiger partial charge < -0.3 is 10.4 Å². The van der Waals surface area contributed by atoms with Crippen LogP contribution in [0.2, 0.25) is 0 Å². The van der Waals surface area contributed by atoms with Crippen LogP contribution in [0.15, 0.2) is 61.1 Å². The number of nitrogens with one attached hydrogen (secondary N) is 1. The number of benzene rings is 2. The lowest BCUT2D eigenvalue weighted by Crippen LogP contribution is -2.30. The third kappa shape index (κ3) is 3.56. The first-order valence-electron chi connectivity index (χ1n) is 7.56. The van der Waals surface area contributed by atoms with Crippen molar-refractivity contribution in [2.45, 2.75) is 6.10 Å². The molecule has 0 aliphatic heterocycles. The maximum absolute atomic E-state index is 13.7. The average molecular weight is 343 g/mol. The van der Waals surface area contributed by atoms with Gasteiger partial charge in [-0.3, -0.25) is 9.36 Å². The average Bonchev–Trinajstić information content (AvgIpc) is 3.10. The van der Waals surface area contributed by atoms with Gasteiger partial charge in [-0.1, -0.05) is 24.3 Å². The number of nitrogens with zero attached hydrogens (tertiary/aromatic N) is 2. The van der Waals surface area contributed by atoms with E-state index in [4.69, 9.17) is 0 Å². The second-order valence-electron chi connectivity index (χ2n) is 5.35. The molecule has 0 bridgehead atoms. The van der Waals surface area contributed by atoms with Gasteiger partial charge in [0.05, 0.1) is 18.1 Å². The number of imidazole rings is 1. The zero-order valence-electron chi connectivity index (χ0n) is 13.1. The maximum atomic E-state index is 13.7. The lowest BCUT2D eigenvalue weighted by molar-refractivity contribution is 0.0904. The Bertz CT molecular complexity index is 861. The van der Waals surface area contributed by atoms with Crippen LogP contribution in [0.3, 0.4) is 0 Å². The summed E-state index contributed by atoms with van der Waals surface area (Å²) >= 11 is 0. The summed E-state index contributed by atoms with van der Waals surface area (Å²) in [6, 6.07) is 12.4. The molecule has 2 N–H and O–H groups in total. The molecule has 0 fully saturated rings. The maximum Gasteiger partial charge on any atom is 0.270 e. The summed E-state index contributed by atoms with van der Waals surface area (Å²) in [5.41, 5.74) is 0.512. The van der Waals surface area contributed by atoms with Crippen molar-refractivity contribution in [3.63, 3.8) is 0 Å². The number of para-hydroxylation sites is 1. The zero-order chi connectivity index (χ0) is 17.8. The second-order valence-corrected chi connectivity index (χ2v) is 5.35. The molecule has 25 heavy (non-hydrogen) atoms. The molecule has 3 rings (SSSR count). The van der Waals surface area contributed by atoms with E-state index in [1.165, 1.54) is 18.6 Å². The first-order valence-corrected chi connectivity index (χ1v) is 7.56. The zero-order valence-corrected chi connectivity index (χ0v) is 13.1. The monoisotopic (exact) mass is 343 g/mol. The first-order chi connectivity index (χ1) is 12.1. The van der Waals surface area contributed by atoms with Crippen LogP contribution in [0.5, 0.6) is 0 Å². The van der Waals surface area contributed by atoms with Crippen LogP contribution in [-0.4, -0.2) is 27.1 Å². The smallest absolute Gasteiger partial charge is 0.270 e. The van der Waals surface area contributed by atoms with Crippen molar-refractivity contribution in [1.82, 2.24) is 14.9 Å². The van der Waals surface area contributed by atoms with E-state index < -0.39 is 29.2 Å². The Kier molecular flexibility index (Phi) is 4.85. The molecule has 1 unspecified atom stereocenters. The van der Waals surface area contributed by atoms with Crippen molar-refractivity contribution < 1.29 is 18.7 Å². The molecule has 0 aliphatic rings. The van der Waals surface area contributed by atoms with E-state index in [9.17, 15) is 18.7 Å². The number of rotatable bonds is 5. The Balaban J connectivity index is 1.73. The summed E-state index contributed by atoms with van der Waals surface area (Å²) in [6.07, 6.45) is 1.36. The van der Waals surface area contributed by atoms with E-state index in [-0.39, 0.29) is 12.2 Å². The van der Waals surface area contributed by atoms with Gasteiger partial charge in [-0.05, 0) is 24.3 Å². The highest BCUT2D eigenvalue weighted by atomic mass is 19.1. The summed E-state index contributed by atoms with van der Waals surface area (Å²) in [5.74, 6) is -2.25. The number of aliphatic hydroxyl groups excluding tert-OH is 1. The highest BCUT2D eigenvalue weighted by molar-refractivity contribution is 5.93. The summed E-state index contributed by atoms with van der Waals surface area (Å²) in [5, 5.41) is 12.5. The van der Waals surface area contributed by atoms with E-state index in [2.05, 4.69) is 10.3 Å². The normalized spacial score (nSPS) is 12.0. The fourth-order valence-corrected chi connectivity index (χ4v) is 2.47. The number of halogens is 2. The minimum absolute atomic E-state index is 0.243. The van der Waals surface area contributed by atoms with Gasteiger partial charge in [0.15, 0.2) is 0 Å². The first kappa shape index (κ1) is 16.8. The van der Waals surface area contributed by atoms with E-state index in [0.717, 1.165) is 17.8 Å². The topological polar surface area (TPSA) is 67.2 Å². The van der Waals surface area contributed by atoms with Gasteiger partial charge >= 0.3 is 0 Å².